The molecule has 6 N–H and O–H groups in total. The highest BCUT2D eigenvalue weighted by molar-refractivity contribution is 6.14. The van der Waals surface area contributed by atoms with E-state index in [0.29, 0.717) is 22.8 Å². The van der Waals surface area contributed by atoms with E-state index in [-0.39, 0.29) is 136 Å². The van der Waals surface area contributed by atoms with E-state index in [9.17, 15) is 57.5 Å². The molecule has 2 aromatic rings. The predicted octanol–water partition coefficient (Wildman–Crippen LogP) is -3.10. The van der Waals surface area contributed by atoms with Gasteiger partial charge in [-0.25, -0.2) is 9.97 Å². The lowest BCUT2D eigenvalue weighted by Gasteiger charge is -2.13. The number of carbonyl (C=O) groups excluding carboxylic acids is 12. The van der Waals surface area contributed by atoms with E-state index in [2.05, 4.69) is 51.3 Å². The molecular weight excluding hydrogens is 921 g/mol. The number of hydrogen-bond donors (Lipinski definition) is 6. The maximum absolute atomic E-state index is 11.8. The van der Waals surface area contributed by atoms with E-state index in [1.165, 1.54) is 75.2 Å². The van der Waals surface area contributed by atoms with Crippen LogP contribution in [0.5, 0.6) is 0 Å². The Bertz CT molecular complexity index is 2160. The normalized spacial score (nSPS) is 14.2. The Morgan fingerprint density at radius 1 is 0.429 bits per heavy atom. The van der Waals surface area contributed by atoms with Crippen LogP contribution in [0.3, 0.4) is 0 Å². The number of hydrogen-bond acceptors (Lipinski definition) is 18. The van der Waals surface area contributed by atoms with E-state index in [1.807, 2.05) is 0 Å². The minimum absolute atomic E-state index is 0.0276. The Balaban J connectivity index is 0.000000249. The van der Waals surface area contributed by atoms with Crippen LogP contribution < -0.4 is 31.9 Å². The van der Waals surface area contributed by atoms with E-state index >= 15 is 0 Å². The van der Waals surface area contributed by atoms with E-state index in [0.717, 1.165) is 19.6 Å². The third-order valence-corrected chi connectivity index (χ3v) is 9.27. The van der Waals surface area contributed by atoms with Crippen molar-refractivity contribution in [2.45, 2.75) is 0 Å². The standard InChI is InChI=1S/2C13H14N4O3.2C9H12N2O4/c2*1-14-10-3-2-9(8-16-10)13(20)15-6-7-17-11(18)4-5-12(17)19;2*1-15-6-7(12)10-4-5-11-8(13)2-3-9(11)14/h2*2-5,8H,6-7H2,1H3,(H,14,16)(H,15,20);2*2-3H,4-6H2,1H3,(H,10,12). The van der Waals surface area contributed by atoms with Gasteiger partial charge in [0.05, 0.1) is 11.1 Å². The summed E-state index contributed by atoms with van der Waals surface area (Å²) in [7, 11) is 6.30. The molecule has 372 valence electrons. The van der Waals surface area contributed by atoms with Gasteiger partial charge in [-0.15, -0.1) is 0 Å². The van der Waals surface area contributed by atoms with Crippen LogP contribution in [0, 0.1) is 0 Å². The van der Waals surface area contributed by atoms with Gasteiger partial charge < -0.3 is 41.4 Å². The number of imide groups is 4. The van der Waals surface area contributed by atoms with Crippen molar-refractivity contribution in [2.75, 3.05) is 105 Å². The molecule has 0 saturated heterocycles. The zero-order valence-electron chi connectivity index (χ0n) is 38.6. The van der Waals surface area contributed by atoms with Crippen LogP contribution in [0.1, 0.15) is 20.7 Å². The second-order valence-corrected chi connectivity index (χ2v) is 14.1. The number of nitrogens with zero attached hydrogens (tertiary/aromatic N) is 6. The number of nitrogens with one attached hydrogen (secondary N) is 6. The maximum Gasteiger partial charge on any atom is 0.253 e. The van der Waals surface area contributed by atoms with Crippen LogP contribution >= 0.6 is 0 Å². The lowest BCUT2D eigenvalue weighted by molar-refractivity contribution is -0.138. The van der Waals surface area contributed by atoms with E-state index < -0.39 is 0 Å². The van der Waals surface area contributed by atoms with Crippen LogP contribution in [-0.2, 0) is 57.4 Å². The van der Waals surface area contributed by atoms with Crippen molar-refractivity contribution in [3.8, 4) is 0 Å². The Hall–Kier alpha value is -8.78. The van der Waals surface area contributed by atoms with Gasteiger partial charge in [0.25, 0.3) is 59.1 Å². The first-order valence-electron chi connectivity index (χ1n) is 21.0. The summed E-state index contributed by atoms with van der Waals surface area (Å²) >= 11 is 0. The van der Waals surface area contributed by atoms with Crippen LogP contribution in [0.2, 0.25) is 0 Å². The van der Waals surface area contributed by atoms with Crippen molar-refractivity contribution in [3.05, 3.63) is 96.4 Å². The summed E-state index contributed by atoms with van der Waals surface area (Å²) in [6, 6.07) is 6.66. The summed E-state index contributed by atoms with van der Waals surface area (Å²) in [5.41, 5.74) is 0.836. The molecule has 0 spiro atoms. The Morgan fingerprint density at radius 2 is 0.686 bits per heavy atom. The molecule has 12 amide bonds. The minimum atomic E-state index is -0.357. The molecule has 0 aromatic carbocycles. The number of methoxy groups -OCH3 is 2. The summed E-state index contributed by atoms with van der Waals surface area (Å²) in [6.45, 7) is 1.48. The van der Waals surface area contributed by atoms with Crippen molar-refractivity contribution in [1.82, 2.24) is 50.8 Å². The summed E-state index contributed by atoms with van der Waals surface area (Å²) in [5.74, 6) is -2.62. The second-order valence-electron chi connectivity index (χ2n) is 14.1. The molecule has 26 heteroatoms. The smallest absolute Gasteiger partial charge is 0.253 e. The van der Waals surface area contributed by atoms with E-state index in [4.69, 9.17) is 0 Å². The van der Waals surface area contributed by atoms with E-state index in [1.54, 1.807) is 38.4 Å². The lowest BCUT2D eigenvalue weighted by Crippen LogP contribution is -2.39. The quantitative estimate of drug-likeness (QED) is 0.0716. The molecule has 4 aliphatic heterocycles. The molecule has 0 radical (unpaired) electrons. The highest BCUT2D eigenvalue weighted by Crippen LogP contribution is 2.07. The minimum Gasteiger partial charge on any atom is -0.375 e. The first-order valence-corrected chi connectivity index (χ1v) is 21.0. The van der Waals surface area contributed by atoms with Crippen molar-refractivity contribution < 1.29 is 67.0 Å². The average molecular weight is 973 g/mol. The summed E-state index contributed by atoms with van der Waals surface area (Å²) in [6.07, 6.45) is 12.6. The fraction of sp³-hybridized carbons (Fsp3) is 0.318. The van der Waals surface area contributed by atoms with Gasteiger partial charge in [0.1, 0.15) is 24.8 Å². The third-order valence-electron chi connectivity index (χ3n) is 9.27. The molecule has 6 heterocycles. The largest absolute Gasteiger partial charge is 0.375 e. The number of aromatic nitrogens is 2. The Morgan fingerprint density at radius 3 is 0.900 bits per heavy atom. The second kappa shape index (κ2) is 29.1. The summed E-state index contributed by atoms with van der Waals surface area (Å²) < 4.78 is 9.19. The SMILES string of the molecule is CNc1ccc(C(=O)NCCN2C(=O)C=CC2=O)cn1.CNc1ccc(C(=O)NCCN2C(=O)C=CC2=O)cn1.COCC(=O)NCCN1C(=O)C=CC1=O.COCC(=O)NCCN1C(=O)C=CC1=O. The maximum atomic E-state index is 11.8. The van der Waals surface area contributed by atoms with Crippen molar-refractivity contribution in [1.29, 1.82) is 0 Å². The van der Waals surface area contributed by atoms with Gasteiger partial charge in [0, 0.05) is 142 Å². The van der Waals surface area contributed by atoms with Crippen molar-refractivity contribution in [2.24, 2.45) is 0 Å². The van der Waals surface area contributed by atoms with Gasteiger partial charge >= 0.3 is 0 Å². The molecule has 70 heavy (non-hydrogen) atoms. The predicted molar refractivity (Wildman–Crippen MR) is 245 cm³/mol. The molecule has 0 unspecified atom stereocenters. The number of anilines is 2. The molecule has 6 rings (SSSR count). The van der Waals surface area contributed by atoms with Crippen LogP contribution in [0.4, 0.5) is 11.6 Å². The number of pyridine rings is 2. The van der Waals surface area contributed by atoms with Crippen molar-refractivity contribution in [3.63, 3.8) is 0 Å². The highest BCUT2D eigenvalue weighted by atomic mass is 16.5. The van der Waals surface area contributed by atoms with Gasteiger partial charge in [-0.2, -0.15) is 0 Å². The zero-order valence-corrected chi connectivity index (χ0v) is 38.6. The lowest BCUT2D eigenvalue weighted by atomic mass is 10.2. The number of rotatable bonds is 20. The average Bonchev–Trinajstić information content (AvgIpc) is 4.07. The molecule has 26 nitrogen and oxygen atoms in total. The number of ether oxygens (including phenoxy) is 2. The Kier molecular flexibility index (Phi) is 23.1. The number of amides is 12. The topological polar surface area (TPSA) is 334 Å². The molecular formula is C44H52N12O14. The fourth-order valence-corrected chi connectivity index (χ4v) is 5.70. The monoisotopic (exact) mass is 972 g/mol. The van der Waals surface area contributed by atoms with Gasteiger partial charge in [-0.1, -0.05) is 0 Å². The third kappa shape index (κ3) is 18.1. The molecule has 0 aliphatic carbocycles. The van der Waals surface area contributed by atoms with Gasteiger partial charge in [-0.05, 0) is 24.3 Å². The molecule has 0 fully saturated rings. The highest BCUT2D eigenvalue weighted by Gasteiger charge is 2.25. The van der Waals surface area contributed by atoms with Crippen molar-refractivity contribution >= 4 is 82.5 Å². The number of carbonyl (C=O) groups is 12. The fourth-order valence-electron chi connectivity index (χ4n) is 5.70. The van der Waals surface area contributed by atoms with Crippen LogP contribution in [0.25, 0.3) is 0 Å². The summed E-state index contributed by atoms with van der Waals surface area (Å²) in [5, 5.41) is 16.0. The molecule has 2 aromatic heterocycles. The first kappa shape index (κ1) is 55.5. The summed E-state index contributed by atoms with van der Waals surface area (Å²) in [4.78, 5) is 147. The van der Waals surface area contributed by atoms with Crippen LogP contribution in [0.15, 0.2) is 85.3 Å². The van der Waals surface area contributed by atoms with Gasteiger partial charge in [0.2, 0.25) is 11.8 Å². The zero-order chi connectivity index (χ0) is 51.6. The van der Waals surface area contributed by atoms with Crippen LogP contribution in [-0.4, -0.2) is 194 Å². The van der Waals surface area contributed by atoms with Gasteiger partial charge in [0.15, 0.2) is 0 Å². The molecule has 4 aliphatic rings. The molecule has 0 bridgehead atoms. The first-order chi connectivity index (χ1) is 33.5. The van der Waals surface area contributed by atoms with Gasteiger partial charge in [-0.3, -0.25) is 77.1 Å². The molecule has 0 saturated carbocycles. The Labute approximate surface area is 400 Å². The molecule has 0 atom stereocenters.